The summed E-state index contributed by atoms with van der Waals surface area (Å²) in [7, 11) is 0. The summed E-state index contributed by atoms with van der Waals surface area (Å²) in [5.41, 5.74) is 0.954. The second-order valence-corrected chi connectivity index (χ2v) is 5.86. The van der Waals surface area contributed by atoms with Crippen LogP contribution in [0.1, 0.15) is 24.1 Å². The summed E-state index contributed by atoms with van der Waals surface area (Å²) >= 11 is 3.24. The molecular formula is C18H14BrFN2O. The van der Waals surface area contributed by atoms with E-state index in [4.69, 9.17) is 0 Å². The van der Waals surface area contributed by atoms with Gasteiger partial charge in [0.15, 0.2) is 0 Å². The van der Waals surface area contributed by atoms with Crippen molar-refractivity contribution in [2.75, 3.05) is 0 Å². The number of halogens is 2. The highest BCUT2D eigenvalue weighted by atomic mass is 79.9. The van der Waals surface area contributed by atoms with Crippen molar-refractivity contribution >= 4 is 27.9 Å². The molecule has 2 rings (SSSR count). The van der Waals surface area contributed by atoms with Crippen molar-refractivity contribution in [3.63, 3.8) is 0 Å². The van der Waals surface area contributed by atoms with E-state index in [1.807, 2.05) is 43.3 Å². The minimum Gasteiger partial charge on any atom is -0.345 e. The lowest BCUT2D eigenvalue weighted by molar-refractivity contribution is -0.117. The number of hydrogen-bond acceptors (Lipinski definition) is 2. The predicted octanol–water partition coefficient (Wildman–Crippen LogP) is 4.37. The second-order valence-electron chi connectivity index (χ2n) is 4.94. The van der Waals surface area contributed by atoms with E-state index in [1.54, 1.807) is 6.07 Å². The summed E-state index contributed by atoms with van der Waals surface area (Å²) in [6.07, 6.45) is 1.24. The summed E-state index contributed by atoms with van der Waals surface area (Å²) in [5, 5.41) is 11.9. The van der Waals surface area contributed by atoms with Gasteiger partial charge in [0.05, 0.1) is 6.04 Å². The summed E-state index contributed by atoms with van der Waals surface area (Å²) in [5.74, 6) is -1.03. The largest absolute Gasteiger partial charge is 0.345 e. The first-order valence-corrected chi connectivity index (χ1v) is 7.73. The zero-order chi connectivity index (χ0) is 16.8. The fraction of sp³-hybridized carbons (Fsp3) is 0.111. The first-order chi connectivity index (χ1) is 11.0. The van der Waals surface area contributed by atoms with E-state index in [1.165, 1.54) is 18.2 Å². The lowest BCUT2D eigenvalue weighted by atomic mass is 10.1. The van der Waals surface area contributed by atoms with Crippen LogP contribution in [0.4, 0.5) is 4.39 Å². The van der Waals surface area contributed by atoms with Crippen LogP contribution in [0.3, 0.4) is 0 Å². The molecule has 1 amide bonds. The highest BCUT2D eigenvalue weighted by Gasteiger charge is 2.14. The number of amides is 1. The molecule has 0 saturated carbocycles. The van der Waals surface area contributed by atoms with Crippen molar-refractivity contribution in [1.29, 1.82) is 5.26 Å². The minimum absolute atomic E-state index is 0.148. The van der Waals surface area contributed by atoms with Crippen LogP contribution in [0.2, 0.25) is 0 Å². The molecule has 0 aliphatic carbocycles. The van der Waals surface area contributed by atoms with Crippen LogP contribution in [0, 0.1) is 17.1 Å². The Morgan fingerprint density at radius 3 is 2.65 bits per heavy atom. The summed E-state index contributed by atoms with van der Waals surface area (Å²) < 4.78 is 14.4. The van der Waals surface area contributed by atoms with Crippen molar-refractivity contribution < 1.29 is 9.18 Å². The standard InChI is InChI=1S/C18H14BrFN2O/c1-12(13-5-3-2-4-6-13)22-18(23)15(11-21)9-14-10-16(19)7-8-17(14)20/h2-10,12H,1H3,(H,22,23)/b15-9+/t12-/m0/s1. The van der Waals surface area contributed by atoms with Gasteiger partial charge in [-0.2, -0.15) is 5.26 Å². The Morgan fingerprint density at radius 1 is 1.30 bits per heavy atom. The average molecular weight is 373 g/mol. The molecule has 0 radical (unpaired) electrons. The number of rotatable bonds is 4. The maximum atomic E-state index is 13.8. The molecule has 2 aromatic carbocycles. The Kier molecular flexibility index (Phi) is 5.67. The van der Waals surface area contributed by atoms with Gasteiger partial charge in [0.25, 0.3) is 5.91 Å². The summed E-state index contributed by atoms with van der Waals surface area (Å²) in [6, 6.07) is 15.3. The molecule has 1 atom stereocenters. The fourth-order valence-corrected chi connectivity index (χ4v) is 2.41. The Hall–Kier alpha value is -2.45. The number of carbonyl (C=O) groups excluding carboxylic acids is 1. The number of benzene rings is 2. The smallest absolute Gasteiger partial charge is 0.262 e. The Balaban J connectivity index is 2.20. The molecule has 0 aliphatic rings. The van der Waals surface area contributed by atoms with Gasteiger partial charge in [0, 0.05) is 10.0 Å². The number of nitrogens with one attached hydrogen (secondary N) is 1. The van der Waals surface area contributed by atoms with E-state index < -0.39 is 11.7 Å². The molecule has 0 unspecified atom stereocenters. The molecule has 0 fully saturated rings. The number of nitrogens with zero attached hydrogens (tertiary/aromatic N) is 1. The van der Waals surface area contributed by atoms with Gasteiger partial charge in [-0.25, -0.2) is 4.39 Å². The fourth-order valence-electron chi connectivity index (χ4n) is 2.03. The maximum Gasteiger partial charge on any atom is 0.262 e. The van der Waals surface area contributed by atoms with Crippen LogP contribution >= 0.6 is 15.9 Å². The first-order valence-electron chi connectivity index (χ1n) is 6.94. The molecule has 0 heterocycles. The molecule has 0 aromatic heterocycles. The normalized spacial score (nSPS) is 12.3. The van der Waals surface area contributed by atoms with Crippen LogP contribution in [0.25, 0.3) is 6.08 Å². The molecule has 0 saturated heterocycles. The second kappa shape index (κ2) is 7.70. The van der Waals surface area contributed by atoms with Crippen molar-refractivity contribution in [1.82, 2.24) is 5.32 Å². The maximum absolute atomic E-state index is 13.8. The Bertz CT molecular complexity index is 781. The summed E-state index contributed by atoms with van der Waals surface area (Å²) in [6.45, 7) is 1.82. The molecule has 0 bridgehead atoms. The van der Waals surface area contributed by atoms with E-state index in [-0.39, 0.29) is 17.2 Å². The molecule has 116 valence electrons. The van der Waals surface area contributed by atoms with Gasteiger partial charge in [-0.05, 0) is 36.8 Å². The van der Waals surface area contributed by atoms with Gasteiger partial charge in [-0.3, -0.25) is 4.79 Å². The third kappa shape index (κ3) is 4.51. The first kappa shape index (κ1) is 16.9. The molecule has 5 heteroatoms. The highest BCUT2D eigenvalue weighted by Crippen LogP contribution is 2.19. The predicted molar refractivity (Wildman–Crippen MR) is 90.7 cm³/mol. The van der Waals surface area contributed by atoms with Gasteiger partial charge in [-0.1, -0.05) is 46.3 Å². The highest BCUT2D eigenvalue weighted by molar-refractivity contribution is 9.10. The number of nitriles is 1. The topological polar surface area (TPSA) is 52.9 Å². The van der Waals surface area contributed by atoms with E-state index in [2.05, 4.69) is 21.2 Å². The van der Waals surface area contributed by atoms with Crippen LogP contribution in [-0.4, -0.2) is 5.91 Å². The van der Waals surface area contributed by atoms with Crippen molar-refractivity contribution in [2.45, 2.75) is 13.0 Å². The Labute approximate surface area is 142 Å². The van der Waals surface area contributed by atoms with Gasteiger partial charge in [0.2, 0.25) is 0 Å². The van der Waals surface area contributed by atoms with Gasteiger partial charge < -0.3 is 5.32 Å². The van der Waals surface area contributed by atoms with Crippen LogP contribution < -0.4 is 5.32 Å². The van der Waals surface area contributed by atoms with Crippen molar-refractivity contribution in [3.05, 3.63) is 75.5 Å². The zero-order valence-electron chi connectivity index (χ0n) is 12.4. The molecule has 1 N–H and O–H groups in total. The molecule has 0 spiro atoms. The van der Waals surface area contributed by atoms with Crippen LogP contribution in [0.15, 0.2) is 58.6 Å². The SMILES string of the molecule is C[C@H](NC(=O)/C(C#N)=C/c1cc(Br)ccc1F)c1ccccc1. The van der Waals surface area contributed by atoms with Crippen molar-refractivity contribution in [3.8, 4) is 6.07 Å². The van der Waals surface area contributed by atoms with E-state index in [9.17, 15) is 14.4 Å². The third-order valence-corrected chi connectivity index (χ3v) is 3.76. The average Bonchev–Trinajstić information content (AvgIpc) is 2.56. The third-order valence-electron chi connectivity index (χ3n) is 3.27. The molecule has 2 aromatic rings. The number of hydrogen-bond donors (Lipinski definition) is 1. The van der Waals surface area contributed by atoms with Gasteiger partial charge >= 0.3 is 0 Å². The van der Waals surface area contributed by atoms with Gasteiger partial charge in [0.1, 0.15) is 17.5 Å². The molecular weight excluding hydrogens is 359 g/mol. The van der Waals surface area contributed by atoms with Gasteiger partial charge in [-0.15, -0.1) is 0 Å². The zero-order valence-corrected chi connectivity index (χ0v) is 14.0. The number of carbonyl (C=O) groups is 1. The molecule has 3 nitrogen and oxygen atoms in total. The van der Waals surface area contributed by atoms with Crippen LogP contribution in [0.5, 0.6) is 0 Å². The lowest BCUT2D eigenvalue weighted by Crippen LogP contribution is -2.27. The van der Waals surface area contributed by atoms with E-state index in [0.717, 1.165) is 5.56 Å². The Morgan fingerprint density at radius 2 is 2.00 bits per heavy atom. The molecule has 23 heavy (non-hydrogen) atoms. The summed E-state index contributed by atoms with van der Waals surface area (Å²) in [4.78, 5) is 12.2. The monoisotopic (exact) mass is 372 g/mol. The quantitative estimate of drug-likeness (QED) is 0.639. The lowest BCUT2D eigenvalue weighted by Gasteiger charge is -2.13. The van der Waals surface area contributed by atoms with Crippen molar-refractivity contribution in [2.24, 2.45) is 0 Å². The van der Waals surface area contributed by atoms with E-state index in [0.29, 0.717) is 4.47 Å². The van der Waals surface area contributed by atoms with E-state index >= 15 is 0 Å². The molecule has 0 aliphatic heterocycles. The minimum atomic E-state index is -0.539. The van der Waals surface area contributed by atoms with Crippen LogP contribution in [-0.2, 0) is 4.79 Å².